The Morgan fingerprint density at radius 3 is 3.17 bits per heavy atom. The number of carboxylic acid groups (broad SMARTS) is 1. The molecule has 0 aliphatic carbocycles. The summed E-state index contributed by atoms with van der Waals surface area (Å²) in [6.45, 7) is 1.44. The molecule has 1 amide bonds. The van der Waals surface area contributed by atoms with E-state index >= 15 is 0 Å². The third kappa shape index (κ3) is 2.13. The molecule has 0 radical (unpaired) electrons. The van der Waals surface area contributed by atoms with Crippen LogP contribution in [0.5, 0.6) is 5.75 Å². The maximum atomic E-state index is 10.7. The van der Waals surface area contributed by atoms with Gasteiger partial charge in [-0.3, -0.25) is 10.6 Å². The lowest BCUT2D eigenvalue weighted by molar-refractivity contribution is 0.186. The highest BCUT2D eigenvalue weighted by molar-refractivity contribution is 8.00. The second-order valence-electron chi connectivity index (χ2n) is 4.40. The van der Waals surface area contributed by atoms with E-state index in [0.717, 1.165) is 17.9 Å². The largest absolute Gasteiger partial charge is 0.493 e. The van der Waals surface area contributed by atoms with E-state index in [0.29, 0.717) is 12.5 Å². The van der Waals surface area contributed by atoms with Gasteiger partial charge in [0.15, 0.2) is 0 Å². The maximum Gasteiger partial charge on any atom is 0.406 e. The quantitative estimate of drug-likeness (QED) is 0.720. The number of carbonyl (C=O) groups is 1. The lowest BCUT2D eigenvalue weighted by Crippen LogP contribution is -2.50. The Labute approximate surface area is 109 Å². The molecule has 0 saturated carbocycles. The second kappa shape index (κ2) is 4.70. The van der Waals surface area contributed by atoms with Crippen molar-refractivity contribution in [3.8, 4) is 5.75 Å². The molecule has 1 aromatic carbocycles. The first kappa shape index (κ1) is 11.7. The molecule has 5 nitrogen and oxygen atoms in total. The van der Waals surface area contributed by atoms with Crippen molar-refractivity contribution < 1.29 is 14.6 Å². The van der Waals surface area contributed by atoms with Crippen LogP contribution in [0.15, 0.2) is 24.3 Å². The highest BCUT2D eigenvalue weighted by Gasteiger charge is 2.37. The van der Waals surface area contributed by atoms with Gasteiger partial charge in [-0.25, -0.2) is 4.79 Å². The zero-order valence-corrected chi connectivity index (χ0v) is 10.4. The molecular weight excluding hydrogens is 252 g/mol. The maximum absolute atomic E-state index is 10.7. The predicted molar refractivity (Wildman–Crippen MR) is 68.7 cm³/mol. The number of amides is 1. The minimum atomic E-state index is -1.00. The fourth-order valence-corrected chi connectivity index (χ4v) is 3.78. The van der Waals surface area contributed by atoms with Crippen molar-refractivity contribution in [2.24, 2.45) is 5.92 Å². The van der Waals surface area contributed by atoms with Crippen LogP contribution < -0.4 is 15.4 Å². The van der Waals surface area contributed by atoms with Crippen LogP contribution in [-0.4, -0.2) is 29.8 Å². The summed E-state index contributed by atoms with van der Waals surface area (Å²) in [5.41, 5.74) is 0.910. The molecular formula is C12H14N2O3S. The van der Waals surface area contributed by atoms with Gasteiger partial charge in [0.2, 0.25) is 0 Å². The van der Waals surface area contributed by atoms with Gasteiger partial charge in [-0.15, -0.1) is 11.8 Å². The Bertz CT molecular complexity index is 468. The van der Waals surface area contributed by atoms with E-state index < -0.39 is 6.09 Å². The van der Waals surface area contributed by atoms with Crippen LogP contribution in [0.3, 0.4) is 0 Å². The van der Waals surface area contributed by atoms with Crippen LogP contribution in [0.2, 0.25) is 0 Å². The minimum Gasteiger partial charge on any atom is -0.493 e. The average Bonchev–Trinajstić information content (AvgIpc) is 2.38. The van der Waals surface area contributed by atoms with Crippen molar-refractivity contribution in [1.29, 1.82) is 0 Å². The number of thioether (sulfide) groups is 1. The van der Waals surface area contributed by atoms with E-state index in [2.05, 4.69) is 16.7 Å². The summed E-state index contributed by atoms with van der Waals surface area (Å²) in [5.74, 6) is 1.30. The summed E-state index contributed by atoms with van der Waals surface area (Å²) in [7, 11) is 0. The number of para-hydroxylation sites is 1. The molecule has 2 heterocycles. The first-order valence-electron chi connectivity index (χ1n) is 5.84. The van der Waals surface area contributed by atoms with Crippen LogP contribution in [0.25, 0.3) is 0 Å². The number of hydrogen-bond acceptors (Lipinski definition) is 4. The van der Waals surface area contributed by atoms with Crippen molar-refractivity contribution in [3.63, 3.8) is 0 Å². The van der Waals surface area contributed by atoms with Crippen LogP contribution >= 0.6 is 11.8 Å². The third-order valence-electron chi connectivity index (χ3n) is 3.21. The van der Waals surface area contributed by atoms with Gasteiger partial charge in [-0.2, -0.15) is 0 Å². The lowest BCUT2D eigenvalue weighted by Gasteiger charge is -2.40. The fraction of sp³-hybridized carbons (Fsp3) is 0.417. The van der Waals surface area contributed by atoms with E-state index in [-0.39, 0.29) is 10.7 Å². The Kier molecular flexibility index (Phi) is 3.05. The number of nitrogens with one attached hydrogen (secondary N) is 2. The molecule has 3 N–H and O–H groups in total. The molecule has 1 fully saturated rings. The molecule has 2 aliphatic rings. The van der Waals surface area contributed by atoms with Crippen molar-refractivity contribution in [2.45, 2.75) is 10.7 Å². The summed E-state index contributed by atoms with van der Waals surface area (Å²) in [6.07, 6.45) is -1.00. The lowest BCUT2D eigenvalue weighted by atomic mass is 9.96. The Morgan fingerprint density at radius 1 is 1.50 bits per heavy atom. The monoisotopic (exact) mass is 266 g/mol. The summed E-state index contributed by atoms with van der Waals surface area (Å²) < 4.78 is 5.72. The van der Waals surface area contributed by atoms with Gasteiger partial charge in [0, 0.05) is 23.3 Å². The summed E-state index contributed by atoms with van der Waals surface area (Å²) in [6, 6.07) is 7.97. The SMILES string of the molecule is O=C(O)NC1NCC2COc3ccccc3C2S1. The Morgan fingerprint density at radius 2 is 2.33 bits per heavy atom. The third-order valence-corrected chi connectivity index (χ3v) is 4.70. The Hall–Kier alpha value is -1.40. The minimum absolute atomic E-state index is 0.255. The van der Waals surface area contributed by atoms with Crippen molar-refractivity contribution in [3.05, 3.63) is 29.8 Å². The highest BCUT2D eigenvalue weighted by Crippen LogP contribution is 2.46. The molecule has 0 spiro atoms. The van der Waals surface area contributed by atoms with Gasteiger partial charge >= 0.3 is 6.09 Å². The van der Waals surface area contributed by atoms with Gasteiger partial charge in [0.25, 0.3) is 0 Å². The van der Waals surface area contributed by atoms with Gasteiger partial charge in [-0.1, -0.05) is 18.2 Å². The van der Waals surface area contributed by atoms with E-state index in [9.17, 15) is 4.79 Å². The van der Waals surface area contributed by atoms with E-state index in [1.807, 2.05) is 18.2 Å². The normalized spacial score (nSPS) is 29.7. The van der Waals surface area contributed by atoms with Crippen LogP contribution in [0, 0.1) is 5.92 Å². The zero-order valence-electron chi connectivity index (χ0n) is 9.63. The predicted octanol–water partition coefficient (Wildman–Crippen LogP) is 1.62. The number of rotatable bonds is 1. The topological polar surface area (TPSA) is 70.6 Å². The zero-order chi connectivity index (χ0) is 12.5. The summed E-state index contributed by atoms with van der Waals surface area (Å²) >= 11 is 1.60. The fourth-order valence-electron chi connectivity index (χ4n) is 2.39. The number of fused-ring (bicyclic) bond motifs is 3. The molecule has 0 bridgehead atoms. The summed E-state index contributed by atoms with van der Waals surface area (Å²) in [4.78, 5) is 10.7. The van der Waals surface area contributed by atoms with E-state index in [1.165, 1.54) is 0 Å². The van der Waals surface area contributed by atoms with E-state index in [4.69, 9.17) is 9.84 Å². The van der Waals surface area contributed by atoms with Crippen molar-refractivity contribution in [1.82, 2.24) is 10.6 Å². The molecule has 3 unspecified atom stereocenters. The van der Waals surface area contributed by atoms with Crippen molar-refractivity contribution in [2.75, 3.05) is 13.2 Å². The van der Waals surface area contributed by atoms with Gasteiger partial charge in [-0.05, 0) is 6.07 Å². The molecule has 18 heavy (non-hydrogen) atoms. The first-order chi connectivity index (χ1) is 8.74. The smallest absolute Gasteiger partial charge is 0.406 e. The molecule has 0 aromatic heterocycles. The van der Waals surface area contributed by atoms with Gasteiger partial charge < -0.3 is 9.84 Å². The average molecular weight is 266 g/mol. The molecule has 1 saturated heterocycles. The molecule has 2 aliphatic heterocycles. The molecule has 6 heteroatoms. The second-order valence-corrected chi connectivity index (χ2v) is 5.65. The number of ether oxygens (including phenoxy) is 1. The van der Waals surface area contributed by atoms with Crippen LogP contribution in [0.4, 0.5) is 4.79 Å². The Balaban J connectivity index is 1.82. The van der Waals surface area contributed by atoms with E-state index in [1.54, 1.807) is 11.8 Å². The standard InChI is InChI=1S/C12H14N2O3S/c15-12(16)14-11-13-5-7-6-17-9-4-2-1-3-8(9)10(7)18-11/h1-4,7,10-11,13-14H,5-6H2,(H,15,16). The van der Waals surface area contributed by atoms with Crippen molar-refractivity contribution >= 4 is 17.9 Å². The van der Waals surface area contributed by atoms with Crippen LogP contribution in [-0.2, 0) is 0 Å². The number of hydrogen-bond donors (Lipinski definition) is 3. The summed E-state index contributed by atoms with van der Waals surface area (Å²) in [5, 5.41) is 14.7. The highest BCUT2D eigenvalue weighted by atomic mass is 32.2. The van der Waals surface area contributed by atoms with Gasteiger partial charge in [0.05, 0.1) is 6.61 Å². The molecule has 1 aromatic rings. The molecule has 3 atom stereocenters. The van der Waals surface area contributed by atoms with Gasteiger partial charge in [0.1, 0.15) is 11.2 Å². The number of benzene rings is 1. The first-order valence-corrected chi connectivity index (χ1v) is 6.78. The van der Waals surface area contributed by atoms with Crippen LogP contribution in [0.1, 0.15) is 10.8 Å². The molecule has 96 valence electrons. The molecule has 3 rings (SSSR count).